The monoisotopic (exact) mass is 370 g/mol. The molecule has 0 saturated heterocycles. The van der Waals surface area contributed by atoms with Crippen molar-refractivity contribution in [3.63, 3.8) is 0 Å². The number of benzene rings is 2. The van der Waals surface area contributed by atoms with Crippen LogP contribution in [0.1, 0.15) is 12.5 Å². The van der Waals surface area contributed by atoms with Crippen LogP contribution in [-0.4, -0.2) is 14.9 Å². The van der Waals surface area contributed by atoms with Gasteiger partial charge in [0.15, 0.2) is 0 Å². The van der Waals surface area contributed by atoms with Gasteiger partial charge in [0.1, 0.15) is 12.1 Å². The minimum Gasteiger partial charge on any atom is -0.434 e. The molecule has 0 aliphatic rings. The van der Waals surface area contributed by atoms with E-state index in [1.54, 1.807) is 36.4 Å². The zero-order valence-corrected chi connectivity index (χ0v) is 14.6. The molecule has 0 radical (unpaired) electrons. The third-order valence-electron chi connectivity index (χ3n) is 3.60. The minimum atomic E-state index is -0.581. The van der Waals surface area contributed by atoms with Crippen LogP contribution in [0.4, 0.5) is 17.2 Å². The van der Waals surface area contributed by atoms with E-state index in [4.69, 9.17) is 16.3 Å². The summed E-state index contributed by atoms with van der Waals surface area (Å²) in [5, 5.41) is 15.0. The fraction of sp³-hybridized carbons (Fsp3) is 0.111. The first-order chi connectivity index (χ1) is 12.6. The van der Waals surface area contributed by atoms with E-state index >= 15 is 0 Å². The molecule has 0 spiro atoms. The predicted molar refractivity (Wildman–Crippen MR) is 99.3 cm³/mol. The maximum absolute atomic E-state index is 11.6. The Labute approximate surface area is 154 Å². The Morgan fingerprint density at radius 3 is 2.62 bits per heavy atom. The van der Waals surface area contributed by atoms with Gasteiger partial charge >= 0.3 is 11.6 Å². The van der Waals surface area contributed by atoms with Crippen LogP contribution < -0.4 is 10.1 Å². The smallest absolute Gasteiger partial charge is 0.373 e. The van der Waals surface area contributed by atoms with Crippen molar-refractivity contribution in [1.82, 2.24) is 9.97 Å². The molecule has 2 aromatic carbocycles. The van der Waals surface area contributed by atoms with E-state index in [0.29, 0.717) is 16.5 Å². The summed E-state index contributed by atoms with van der Waals surface area (Å²) < 4.78 is 5.61. The Hall–Kier alpha value is -3.19. The highest BCUT2D eigenvalue weighted by atomic mass is 35.5. The van der Waals surface area contributed by atoms with Gasteiger partial charge in [-0.05, 0) is 42.3 Å². The molecule has 1 N–H and O–H groups in total. The van der Waals surface area contributed by atoms with E-state index in [-0.39, 0.29) is 17.4 Å². The summed E-state index contributed by atoms with van der Waals surface area (Å²) in [6.07, 6.45) is 2.09. The van der Waals surface area contributed by atoms with Gasteiger partial charge in [0.2, 0.25) is 5.82 Å². The fourth-order valence-electron chi connectivity index (χ4n) is 2.30. The summed E-state index contributed by atoms with van der Waals surface area (Å²) in [7, 11) is 0. The van der Waals surface area contributed by atoms with Gasteiger partial charge in [-0.3, -0.25) is 10.1 Å². The van der Waals surface area contributed by atoms with E-state index in [2.05, 4.69) is 15.3 Å². The van der Waals surface area contributed by atoms with Gasteiger partial charge in [-0.2, -0.15) is 4.98 Å². The number of ether oxygens (including phenoxy) is 1. The lowest BCUT2D eigenvalue weighted by atomic mass is 10.2. The Morgan fingerprint density at radius 2 is 1.96 bits per heavy atom. The zero-order chi connectivity index (χ0) is 18.5. The van der Waals surface area contributed by atoms with E-state index in [9.17, 15) is 10.1 Å². The second-order valence-corrected chi connectivity index (χ2v) is 5.80. The third-order valence-corrected chi connectivity index (χ3v) is 3.84. The first-order valence-corrected chi connectivity index (χ1v) is 8.23. The second kappa shape index (κ2) is 7.79. The number of halogens is 1. The highest BCUT2D eigenvalue weighted by Gasteiger charge is 2.25. The summed E-state index contributed by atoms with van der Waals surface area (Å²) >= 11 is 5.95. The standard InChI is InChI=1S/C18H15ClN4O3/c1-2-12-6-8-15(9-7-12)26-18-16(23(24)25)17(20-11-21-18)22-14-5-3-4-13(19)10-14/h3-11H,2H2,1H3,(H,20,21,22). The molecule has 1 aromatic heterocycles. The average Bonchev–Trinajstić information content (AvgIpc) is 2.62. The van der Waals surface area contributed by atoms with Crippen molar-refractivity contribution in [2.75, 3.05) is 5.32 Å². The lowest BCUT2D eigenvalue weighted by molar-refractivity contribution is -0.385. The molecule has 26 heavy (non-hydrogen) atoms. The Balaban J connectivity index is 1.93. The van der Waals surface area contributed by atoms with Crippen LogP contribution in [0.25, 0.3) is 0 Å². The molecule has 132 valence electrons. The summed E-state index contributed by atoms with van der Waals surface area (Å²) in [6.45, 7) is 2.04. The Bertz CT molecular complexity index is 932. The molecule has 3 aromatic rings. The molecule has 0 atom stereocenters. The molecule has 0 amide bonds. The van der Waals surface area contributed by atoms with Crippen LogP contribution in [0.5, 0.6) is 11.6 Å². The van der Waals surface area contributed by atoms with Gasteiger partial charge in [0, 0.05) is 10.7 Å². The summed E-state index contributed by atoms with van der Waals surface area (Å²) in [5.74, 6) is 0.337. The Morgan fingerprint density at radius 1 is 1.19 bits per heavy atom. The van der Waals surface area contributed by atoms with Crippen molar-refractivity contribution < 1.29 is 9.66 Å². The third kappa shape index (κ3) is 4.07. The lowest BCUT2D eigenvalue weighted by Gasteiger charge is -2.10. The highest BCUT2D eigenvalue weighted by Crippen LogP contribution is 2.35. The van der Waals surface area contributed by atoms with E-state index in [0.717, 1.165) is 12.0 Å². The van der Waals surface area contributed by atoms with Crippen molar-refractivity contribution in [1.29, 1.82) is 0 Å². The topological polar surface area (TPSA) is 90.2 Å². The number of anilines is 2. The van der Waals surface area contributed by atoms with Crippen molar-refractivity contribution >= 4 is 28.8 Å². The number of aryl methyl sites for hydroxylation is 1. The van der Waals surface area contributed by atoms with Gasteiger partial charge in [-0.1, -0.05) is 36.7 Å². The van der Waals surface area contributed by atoms with Crippen molar-refractivity contribution in [2.45, 2.75) is 13.3 Å². The van der Waals surface area contributed by atoms with Gasteiger partial charge in [-0.15, -0.1) is 0 Å². The van der Waals surface area contributed by atoms with Crippen LogP contribution >= 0.6 is 11.6 Å². The first-order valence-electron chi connectivity index (χ1n) is 7.85. The van der Waals surface area contributed by atoms with Gasteiger partial charge in [0.05, 0.1) is 4.92 Å². The fourth-order valence-corrected chi connectivity index (χ4v) is 2.49. The predicted octanol–water partition coefficient (Wildman–Crippen LogP) is 5.14. The zero-order valence-electron chi connectivity index (χ0n) is 13.8. The quantitative estimate of drug-likeness (QED) is 0.477. The Kier molecular flexibility index (Phi) is 5.28. The molecule has 7 nitrogen and oxygen atoms in total. The van der Waals surface area contributed by atoms with Crippen LogP contribution in [0.2, 0.25) is 5.02 Å². The summed E-state index contributed by atoms with van der Waals surface area (Å²) in [5.41, 5.74) is 1.35. The normalized spacial score (nSPS) is 10.4. The molecule has 0 aliphatic heterocycles. The van der Waals surface area contributed by atoms with Crippen LogP contribution in [0.3, 0.4) is 0 Å². The van der Waals surface area contributed by atoms with E-state index in [1.807, 2.05) is 19.1 Å². The maximum Gasteiger partial charge on any atom is 0.373 e. The van der Waals surface area contributed by atoms with Crippen LogP contribution in [-0.2, 0) is 6.42 Å². The molecular formula is C18H15ClN4O3. The number of hydrogen-bond acceptors (Lipinski definition) is 6. The maximum atomic E-state index is 11.6. The first kappa shape index (κ1) is 17.6. The number of hydrogen-bond donors (Lipinski definition) is 1. The molecule has 0 fully saturated rings. The van der Waals surface area contributed by atoms with E-state index in [1.165, 1.54) is 6.33 Å². The largest absolute Gasteiger partial charge is 0.434 e. The molecule has 0 aliphatic carbocycles. The number of nitrogens with zero attached hydrogens (tertiary/aromatic N) is 3. The number of rotatable bonds is 6. The molecule has 8 heteroatoms. The summed E-state index contributed by atoms with van der Waals surface area (Å²) in [4.78, 5) is 18.9. The number of nitro groups is 1. The van der Waals surface area contributed by atoms with Gasteiger partial charge < -0.3 is 10.1 Å². The van der Waals surface area contributed by atoms with Crippen molar-refractivity contribution in [2.24, 2.45) is 0 Å². The van der Waals surface area contributed by atoms with Crippen molar-refractivity contribution in [3.8, 4) is 11.6 Å². The van der Waals surface area contributed by atoms with Crippen LogP contribution in [0.15, 0.2) is 54.9 Å². The minimum absolute atomic E-state index is 0.0208. The molecule has 0 bridgehead atoms. The van der Waals surface area contributed by atoms with Gasteiger partial charge in [0.25, 0.3) is 0 Å². The van der Waals surface area contributed by atoms with Crippen molar-refractivity contribution in [3.05, 3.63) is 75.6 Å². The molecular weight excluding hydrogens is 356 g/mol. The number of aromatic nitrogens is 2. The molecule has 3 rings (SSSR count). The molecule has 0 unspecified atom stereocenters. The summed E-state index contributed by atoms with van der Waals surface area (Å²) in [6, 6.07) is 14.1. The SMILES string of the molecule is CCc1ccc(Oc2ncnc(Nc3cccc(Cl)c3)c2[N+](=O)[O-])cc1. The molecule has 0 saturated carbocycles. The lowest BCUT2D eigenvalue weighted by Crippen LogP contribution is -2.03. The van der Waals surface area contributed by atoms with Crippen LogP contribution in [0, 0.1) is 10.1 Å². The van der Waals surface area contributed by atoms with E-state index < -0.39 is 4.92 Å². The average molecular weight is 371 g/mol. The second-order valence-electron chi connectivity index (χ2n) is 5.37. The van der Waals surface area contributed by atoms with Gasteiger partial charge in [-0.25, -0.2) is 4.98 Å². The highest BCUT2D eigenvalue weighted by molar-refractivity contribution is 6.30. The number of nitrogens with one attached hydrogen (secondary N) is 1. The molecule has 1 heterocycles.